The van der Waals surface area contributed by atoms with E-state index in [0.717, 1.165) is 19.3 Å². The molecule has 3 N–H and O–H groups in total. The Labute approximate surface area is 96.9 Å². The van der Waals surface area contributed by atoms with Crippen LogP contribution in [0.25, 0.3) is 0 Å². The van der Waals surface area contributed by atoms with Crippen LogP contribution >= 0.6 is 0 Å². The predicted molar refractivity (Wildman–Crippen MR) is 62.2 cm³/mol. The quantitative estimate of drug-likeness (QED) is 0.511. The van der Waals surface area contributed by atoms with Crippen molar-refractivity contribution in [2.24, 2.45) is 5.73 Å². The van der Waals surface area contributed by atoms with Crippen molar-refractivity contribution in [1.82, 2.24) is 0 Å². The zero-order chi connectivity index (χ0) is 13.0. The highest BCUT2D eigenvalue weighted by Crippen LogP contribution is 1.85. The summed E-state index contributed by atoms with van der Waals surface area (Å²) < 4.78 is 10.4. The topological polar surface area (TPSA) is 98.9 Å². The maximum atomic E-state index is 9.78. The van der Waals surface area contributed by atoms with Gasteiger partial charge in [0.15, 0.2) is 0 Å². The number of carboxylic acid groups (broad SMARTS) is 1. The number of rotatable bonds is 6. The molecule has 0 aromatic heterocycles. The van der Waals surface area contributed by atoms with Crippen LogP contribution in [-0.4, -0.2) is 39.5 Å². The Morgan fingerprint density at radius 3 is 1.88 bits per heavy atom. The highest BCUT2D eigenvalue weighted by Gasteiger charge is 1.99. The summed E-state index contributed by atoms with van der Waals surface area (Å²) >= 11 is 0. The summed E-state index contributed by atoms with van der Waals surface area (Å²) in [6.07, 6.45) is 1.46. The highest BCUT2D eigenvalue weighted by molar-refractivity contribution is 6.42. The van der Waals surface area contributed by atoms with Gasteiger partial charge in [-0.25, -0.2) is 4.79 Å². The van der Waals surface area contributed by atoms with Crippen LogP contribution in [0.2, 0.25) is 6.55 Å². The number of aliphatic carboxylic acids is 1. The number of carbonyl (C=O) groups excluding carboxylic acids is 1. The minimum Gasteiger partial charge on any atom is -0.478 e. The second-order valence-corrected chi connectivity index (χ2v) is 4.35. The van der Waals surface area contributed by atoms with Gasteiger partial charge < -0.3 is 19.7 Å². The highest BCUT2D eigenvalue weighted by atomic mass is 28.3. The second kappa shape index (κ2) is 11.9. The van der Waals surface area contributed by atoms with Gasteiger partial charge in [-0.05, 0) is 20.4 Å². The number of primary amides is 1. The van der Waals surface area contributed by atoms with E-state index in [1.54, 1.807) is 0 Å². The largest absolute Gasteiger partial charge is 0.478 e. The first-order valence-electron chi connectivity index (χ1n) is 4.87. The molecule has 0 rings (SSSR count). The van der Waals surface area contributed by atoms with E-state index in [1.807, 2.05) is 20.4 Å². The molecule has 0 aliphatic rings. The molecule has 7 heteroatoms. The lowest BCUT2D eigenvalue weighted by molar-refractivity contribution is -0.131. The minimum absolute atomic E-state index is 0.683. The molecule has 94 valence electrons. The number of amides is 1. The maximum absolute atomic E-state index is 9.78. The standard InChI is InChI=1S/C5H14O2Si.C4H5NO3/c1-4-6-8(3)7-5-2;5-3(6)1-2-4(7)8/h8H,4-5H2,1-3H3;1-2H,(H2,5,6)(H,7,8)/b;2-1-. The van der Waals surface area contributed by atoms with Gasteiger partial charge in [-0.1, -0.05) is 0 Å². The molecule has 0 unspecified atom stereocenters. The van der Waals surface area contributed by atoms with Gasteiger partial charge >= 0.3 is 15.3 Å². The van der Waals surface area contributed by atoms with Crippen molar-refractivity contribution < 1.29 is 23.5 Å². The van der Waals surface area contributed by atoms with Crippen molar-refractivity contribution in [2.45, 2.75) is 20.4 Å². The van der Waals surface area contributed by atoms with E-state index in [0.29, 0.717) is 6.08 Å². The molecule has 0 aliphatic heterocycles. The van der Waals surface area contributed by atoms with Crippen molar-refractivity contribution in [3.63, 3.8) is 0 Å². The fourth-order valence-electron chi connectivity index (χ4n) is 0.671. The summed E-state index contributed by atoms with van der Waals surface area (Å²) in [6, 6.07) is 0. The van der Waals surface area contributed by atoms with E-state index in [4.69, 9.17) is 14.0 Å². The molecule has 0 aliphatic carbocycles. The van der Waals surface area contributed by atoms with Gasteiger partial charge in [-0.15, -0.1) is 0 Å². The Balaban J connectivity index is 0. The summed E-state index contributed by atoms with van der Waals surface area (Å²) in [5.74, 6) is -1.93. The lowest BCUT2D eigenvalue weighted by atomic mass is 10.5. The normalized spacial score (nSPS) is 10.0. The number of carboxylic acids is 1. The Hall–Kier alpha value is -1.18. The number of hydrogen-bond donors (Lipinski definition) is 2. The fraction of sp³-hybridized carbons (Fsp3) is 0.556. The van der Waals surface area contributed by atoms with Gasteiger partial charge in [0, 0.05) is 25.4 Å². The van der Waals surface area contributed by atoms with Gasteiger partial charge in [0.05, 0.1) is 0 Å². The summed E-state index contributed by atoms with van der Waals surface area (Å²) in [4.78, 5) is 19.4. The van der Waals surface area contributed by atoms with Gasteiger partial charge in [0.25, 0.3) is 0 Å². The smallest absolute Gasteiger partial charge is 0.328 e. The summed E-state index contributed by atoms with van der Waals surface area (Å²) in [5.41, 5.74) is 4.55. The van der Waals surface area contributed by atoms with Crippen LogP contribution in [0.5, 0.6) is 0 Å². The van der Waals surface area contributed by atoms with Gasteiger partial charge in [-0.2, -0.15) is 0 Å². The molecule has 0 fully saturated rings. The minimum atomic E-state index is -1.20. The van der Waals surface area contributed by atoms with Crippen molar-refractivity contribution in [3.8, 4) is 0 Å². The number of hydrogen-bond acceptors (Lipinski definition) is 4. The number of carbonyl (C=O) groups is 2. The molecule has 6 nitrogen and oxygen atoms in total. The van der Waals surface area contributed by atoms with Crippen LogP contribution in [0.15, 0.2) is 12.2 Å². The zero-order valence-corrected chi connectivity index (χ0v) is 11.0. The van der Waals surface area contributed by atoms with Crippen LogP contribution in [0.3, 0.4) is 0 Å². The Bertz CT molecular complexity index is 210. The van der Waals surface area contributed by atoms with E-state index in [1.165, 1.54) is 0 Å². The third-order valence-electron chi connectivity index (χ3n) is 1.19. The Morgan fingerprint density at radius 2 is 1.69 bits per heavy atom. The number of nitrogens with two attached hydrogens (primary N) is 1. The summed E-state index contributed by atoms with van der Waals surface area (Å²) in [6.45, 7) is 7.58. The SMILES string of the molecule is CCO[SiH](C)OCC.NC(=O)/C=C\C(=O)O. The molecular formula is C9H19NO5Si. The van der Waals surface area contributed by atoms with Crippen molar-refractivity contribution in [2.75, 3.05) is 13.2 Å². The monoisotopic (exact) mass is 249 g/mol. The first kappa shape index (κ1) is 17.2. The molecule has 0 aromatic rings. The second-order valence-electron chi connectivity index (χ2n) is 2.55. The van der Waals surface area contributed by atoms with Crippen LogP contribution in [0.1, 0.15) is 13.8 Å². The maximum Gasteiger partial charge on any atom is 0.328 e. The van der Waals surface area contributed by atoms with E-state index in [-0.39, 0.29) is 0 Å². The van der Waals surface area contributed by atoms with Crippen molar-refractivity contribution >= 4 is 21.2 Å². The predicted octanol–water partition coefficient (Wildman–Crippen LogP) is 0.0222. The van der Waals surface area contributed by atoms with E-state index in [9.17, 15) is 9.59 Å². The summed E-state index contributed by atoms with van der Waals surface area (Å²) in [5, 5.41) is 7.87. The third kappa shape index (κ3) is 18.6. The molecule has 0 saturated carbocycles. The Morgan fingerprint density at radius 1 is 1.25 bits per heavy atom. The first-order valence-corrected chi connectivity index (χ1v) is 6.97. The molecule has 0 saturated heterocycles. The fourth-order valence-corrected chi connectivity index (χ4v) is 1.71. The first-order chi connectivity index (χ1) is 7.43. The Kier molecular flexibility index (Phi) is 12.8. The molecule has 0 aromatic carbocycles. The van der Waals surface area contributed by atoms with Gasteiger partial charge in [-0.3, -0.25) is 4.79 Å². The third-order valence-corrected chi connectivity index (χ3v) is 2.80. The van der Waals surface area contributed by atoms with Crippen molar-refractivity contribution in [3.05, 3.63) is 12.2 Å². The molecule has 0 radical (unpaired) electrons. The van der Waals surface area contributed by atoms with E-state index < -0.39 is 21.2 Å². The van der Waals surface area contributed by atoms with Crippen LogP contribution in [0.4, 0.5) is 0 Å². The van der Waals surface area contributed by atoms with Crippen LogP contribution in [0, 0.1) is 0 Å². The molecular weight excluding hydrogens is 230 g/mol. The van der Waals surface area contributed by atoms with Crippen molar-refractivity contribution in [1.29, 1.82) is 0 Å². The van der Waals surface area contributed by atoms with Crippen LogP contribution < -0.4 is 5.73 Å². The average Bonchev–Trinajstić information content (AvgIpc) is 2.16. The molecule has 0 spiro atoms. The molecule has 0 atom stereocenters. The van der Waals surface area contributed by atoms with E-state index in [2.05, 4.69) is 5.73 Å². The van der Waals surface area contributed by atoms with Crippen LogP contribution in [-0.2, 0) is 18.4 Å². The lowest BCUT2D eigenvalue weighted by Gasteiger charge is -2.07. The van der Waals surface area contributed by atoms with Gasteiger partial charge in [0.2, 0.25) is 5.91 Å². The molecule has 16 heavy (non-hydrogen) atoms. The molecule has 0 bridgehead atoms. The average molecular weight is 249 g/mol. The molecule has 0 heterocycles. The summed E-state index contributed by atoms with van der Waals surface area (Å²) in [7, 11) is -1.20. The van der Waals surface area contributed by atoms with Gasteiger partial charge in [0.1, 0.15) is 0 Å². The molecule has 1 amide bonds. The zero-order valence-electron chi connectivity index (χ0n) is 9.80. The van der Waals surface area contributed by atoms with E-state index >= 15 is 0 Å². The lowest BCUT2D eigenvalue weighted by Crippen LogP contribution is -2.17.